The number of piperazine rings is 1. The number of amides is 1. The molecule has 18 heavy (non-hydrogen) atoms. The van der Waals surface area contributed by atoms with E-state index in [1.807, 2.05) is 0 Å². The third-order valence-corrected chi connectivity index (χ3v) is 4.21. The molecule has 2 bridgehead atoms. The Balaban J connectivity index is 1.77. The Morgan fingerprint density at radius 1 is 1.11 bits per heavy atom. The van der Waals surface area contributed by atoms with Crippen LogP contribution in [0.25, 0.3) is 0 Å². The van der Waals surface area contributed by atoms with Crippen LogP contribution in [0.4, 0.5) is 0 Å². The fourth-order valence-electron chi connectivity index (χ4n) is 3.34. The molecule has 0 aromatic heterocycles. The molecule has 0 aliphatic carbocycles. The van der Waals surface area contributed by atoms with Crippen molar-refractivity contribution in [1.29, 1.82) is 0 Å². The van der Waals surface area contributed by atoms with E-state index >= 15 is 0 Å². The van der Waals surface area contributed by atoms with Gasteiger partial charge < -0.3 is 14.7 Å². The van der Waals surface area contributed by atoms with E-state index in [9.17, 15) is 14.7 Å². The van der Waals surface area contributed by atoms with Crippen LogP contribution in [0.1, 0.15) is 12.8 Å². The van der Waals surface area contributed by atoms with Gasteiger partial charge in [0.05, 0.1) is 24.0 Å². The van der Waals surface area contributed by atoms with Crippen molar-refractivity contribution in [2.75, 3.05) is 26.2 Å². The molecule has 3 heterocycles. The van der Waals surface area contributed by atoms with Crippen molar-refractivity contribution in [2.24, 2.45) is 11.8 Å². The van der Waals surface area contributed by atoms with E-state index in [4.69, 9.17) is 4.74 Å². The highest BCUT2D eigenvalue weighted by molar-refractivity contribution is 5.86. The molecule has 3 fully saturated rings. The molecule has 1 N–H and O–H groups in total. The number of hydrogen-bond acceptors (Lipinski definition) is 3. The Morgan fingerprint density at radius 3 is 2.33 bits per heavy atom. The third-order valence-electron chi connectivity index (χ3n) is 4.21. The van der Waals surface area contributed by atoms with Gasteiger partial charge in [-0.2, -0.15) is 0 Å². The van der Waals surface area contributed by atoms with Gasteiger partial charge >= 0.3 is 5.97 Å². The summed E-state index contributed by atoms with van der Waals surface area (Å²) in [4.78, 5) is 25.5. The second kappa shape index (κ2) is 4.51. The second-order valence-corrected chi connectivity index (χ2v) is 5.18. The van der Waals surface area contributed by atoms with Crippen LogP contribution in [0.15, 0.2) is 0 Å². The number of rotatable bonds is 2. The van der Waals surface area contributed by atoms with Crippen LogP contribution in [-0.4, -0.2) is 60.3 Å². The Bertz CT molecular complexity index is 367. The number of carboxylic acids is 1. The minimum Gasteiger partial charge on any atom is -0.481 e. The van der Waals surface area contributed by atoms with Crippen LogP contribution in [0.3, 0.4) is 0 Å². The molecule has 4 atom stereocenters. The summed E-state index contributed by atoms with van der Waals surface area (Å²) >= 11 is 0. The molecule has 3 saturated heterocycles. The summed E-state index contributed by atoms with van der Waals surface area (Å²) in [7, 11) is 0. The van der Waals surface area contributed by atoms with Crippen LogP contribution >= 0.6 is 0 Å². The first-order valence-corrected chi connectivity index (χ1v) is 6.49. The molecule has 0 saturated carbocycles. The molecular formula is C12H17N2O4. The summed E-state index contributed by atoms with van der Waals surface area (Å²) in [6.45, 7) is 2.54. The number of aliphatic carboxylic acids is 1. The zero-order chi connectivity index (χ0) is 12.7. The van der Waals surface area contributed by atoms with Crippen LogP contribution in [-0.2, 0) is 14.3 Å². The van der Waals surface area contributed by atoms with Crippen molar-refractivity contribution in [1.82, 2.24) is 10.2 Å². The van der Waals surface area contributed by atoms with Crippen molar-refractivity contribution in [2.45, 2.75) is 25.0 Å². The summed E-state index contributed by atoms with van der Waals surface area (Å²) in [5.74, 6) is -2.10. The van der Waals surface area contributed by atoms with Gasteiger partial charge in [-0.25, -0.2) is 5.32 Å². The molecule has 6 nitrogen and oxygen atoms in total. The normalized spacial score (nSPS) is 39.0. The quantitative estimate of drug-likeness (QED) is 0.706. The summed E-state index contributed by atoms with van der Waals surface area (Å²) in [6.07, 6.45) is 1.11. The lowest BCUT2D eigenvalue weighted by atomic mass is 9.78. The highest BCUT2D eigenvalue weighted by atomic mass is 16.5. The maximum atomic E-state index is 12.4. The third kappa shape index (κ3) is 1.80. The maximum Gasteiger partial charge on any atom is 0.310 e. The topological polar surface area (TPSA) is 80.9 Å². The van der Waals surface area contributed by atoms with E-state index in [1.54, 1.807) is 4.90 Å². The summed E-state index contributed by atoms with van der Waals surface area (Å²) in [5, 5.41) is 13.5. The number of ether oxygens (including phenoxy) is 1. The molecule has 0 aromatic rings. The molecule has 3 rings (SSSR count). The van der Waals surface area contributed by atoms with Crippen LogP contribution < -0.4 is 5.32 Å². The zero-order valence-electron chi connectivity index (χ0n) is 10.1. The fourth-order valence-corrected chi connectivity index (χ4v) is 3.34. The van der Waals surface area contributed by atoms with Gasteiger partial charge in [0.15, 0.2) is 0 Å². The summed E-state index contributed by atoms with van der Waals surface area (Å²) in [5.41, 5.74) is 0. The van der Waals surface area contributed by atoms with E-state index in [2.05, 4.69) is 5.32 Å². The molecule has 0 aromatic carbocycles. The van der Waals surface area contributed by atoms with Gasteiger partial charge in [0.2, 0.25) is 5.91 Å². The van der Waals surface area contributed by atoms with Gasteiger partial charge in [-0.15, -0.1) is 0 Å². The first-order chi connectivity index (χ1) is 8.68. The first kappa shape index (κ1) is 11.9. The molecule has 1 radical (unpaired) electrons. The van der Waals surface area contributed by atoms with Gasteiger partial charge in [0.25, 0.3) is 0 Å². The van der Waals surface area contributed by atoms with E-state index in [1.165, 1.54) is 0 Å². The van der Waals surface area contributed by atoms with E-state index < -0.39 is 17.8 Å². The molecule has 2 unspecified atom stereocenters. The molecule has 3 aliphatic heterocycles. The minimum absolute atomic E-state index is 0.0514. The Hall–Kier alpha value is -1.14. The van der Waals surface area contributed by atoms with E-state index in [-0.39, 0.29) is 18.1 Å². The fraction of sp³-hybridized carbons (Fsp3) is 0.833. The summed E-state index contributed by atoms with van der Waals surface area (Å²) < 4.78 is 5.62. The number of carboxylic acid groups (broad SMARTS) is 1. The number of fused-ring (bicyclic) bond motifs is 2. The zero-order valence-corrected chi connectivity index (χ0v) is 10.1. The Kier molecular flexibility index (Phi) is 2.99. The van der Waals surface area contributed by atoms with Crippen LogP contribution in [0.5, 0.6) is 0 Å². The number of carbonyl (C=O) groups is 2. The largest absolute Gasteiger partial charge is 0.481 e. The smallest absolute Gasteiger partial charge is 0.310 e. The predicted octanol–water partition coefficient (Wildman–Crippen LogP) is -0.689. The van der Waals surface area contributed by atoms with Crippen LogP contribution in [0.2, 0.25) is 0 Å². The maximum absolute atomic E-state index is 12.4. The number of hydrogen-bond donors (Lipinski definition) is 1. The van der Waals surface area contributed by atoms with Crippen molar-refractivity contribution in [3.63, 3.8) is 0 Å². The average molecular weight is 253 g/mol. The monoisotopic (exact) mass is 253 g/mol. The van der Waals surface area contributed by atoms with Crippen molar-refractivity contribution >= 4 is 11.9 Å². The van der Waals surface area contributed by atoms with Crippen molar-refractivity contribution < 1.29 is 19.4 Å². The molecular weight excluding hydrogens is 236 g/mol. The standard InChI is InChI=1S/C12H17N2O4/c15-11(14-5-3-13-4-6-14)9-7-1-2-8(18-7)10(9)12(16)17/h7-10H,1-6H2,(H,16,17)/t7-,8+,9?,10?/m1/s1. The molecule has 3 aliphatic rings. The highest BCUT2D eigenvalue weighted by Gasteiger charge is 2.56. The Morgan fingerprint density at radius 2 is 1.72 bits per heavy atom. The lowest BCUT2D eigenvalue weighted by Crippen LogP contribution is -2.50. The first-order valence-electron chi connectivity index (χ1n) is 6.49. The van der Waals surface area contributed by atoms with Crippen molar-refractivity contribution in [3.05, 3.63) is 0 Å². The average Bonchev–Trinajstić information content (AvgIpc) is 2.99. The van der Waals surface area contributed by atoms with Gasteiger partial charge in [0.1, 0.15) is 0 Å². The van der Waals surface area contributed by atoms with E-state index in [0.717, 1.165) is 12.8 Å². The lowest BCUT2D eigenvalue weighted by Gasteiger charge is -2.32. The van der Waals surface area contributed by atoms with Crippen molar-refractivity contribution in [3.8, 4) is 0 Å². The van der Waals surface area contributed by atoms with Gasteiger partial charge in [-0.05, 0) is 12.8 Å². The highest BCUT2D eigenvalue weighted by Crippen LogP contribution is 2.44. The predicted molar refractivity (Wildman–Crippen MR) is 61.0 cm³/mol. The van der Waals surface area contributed by atoms with Gasteiger partial charge in [0, 0.05) is 26.2 Å². The second-order valence-electron chi connectivity index (χ2n) is 5.18. The van der Waals surface area contributed by atoms with Gasteiger partial charge in [-0.3, -0.25) is 9.59 Å². The number of carbonyl (C=O) groups excluding carboxylic acids is 1. The lowest BCUT2D eigenvalue weighted by molar-refractivity contribution is -0.151. The molecule has 0 spiro atoms. The molecule has 99 valence electrons. The summed E-state index contributed by atoms with van der Waals surface area (Å²) in [6, 6.07) is 0. The SMILES string of the molecule is O=C(O)C1C(C(=O)N2CC[N]CC2)[C@H]2CC[C@@H]1O2. The van der Waals surface area contributed by atoms with E-state index in [0.29, 0.717) is 26.2 Å². The molecule has 6 heteroatoms. The Labute approximate surface area is 105 Å². The number of nitrogens with zero attached hydrogens (tertiary/aromatic N) is 2. The van der Waals surface area contributed by atoms with Crippen LogP contribution in [0, 0.1) is 11.8 Å². The molecule has 1 amide bonds. The minimum atomic E-state index is -0.901. The van der Waals surface area contributed by atoms with Gasteiger partial charge in [-0.1, -0.05) is 0 Å².